The molecule has 1 atom stereocenters. The van der Waals surface area contributed by atoms with Crippen molar-refractivity contribution in [3.05, 3.63) is 11.6 Å². The Labute approximate surface area is 74.9 Å². The van der Waals surface area contributed by atoms with Crippen LogP contribution in [0.1, 0.15) is 40.5 Å². The summed E-state index contributed by atoms with van der Waals surface area (Å²) in [5.41, 5.74) is 1.41. The van der Waals surface area contributed by atoms with Crippen LogP contribution in [0.15, 0.2) is 11.6 Å². The van der Waals surface area contributed by atoms with Gasteiger partial charge in [0.1, 0.15) is 5.78 Å². The number of hydrogen-bond donors (Lipinski definition) is 0. The van der Waals surface area contributed by atoms with Crippen molar-refractivity contribution < 1.29 is 4.79 Å². The highest BCUT2D eigenvalue weighted by molar-refractivity contribution is 5.84. The minimum Gasteiger partial charge on any atom is -0.299 e. The van der Waals surface area contributed by atoms with Gasteiger partial charge in [0, 0.05) is 12.3 Å². The fraction of sp³-hybridized carbons (Fsp3) is 0.727. The van der Waals surface area contributed by atoms with Crippen LogP contribution in [0.3, 0.4) is 0 Å². The molecule has 0 amide bonds. The van der Waals surface area contributed by atoms with Gasteiger partial charge in [-0.3, -0.25) is 4.79 Å². The van der Waals surface area contributed by atoms with E-state index in [0.29, 0.717) is 5.78 Å². The van der Waals surface area contributed by atoms with E-state index in [4.69, 9.17) is 0 Å². The summed E-state index contributed by atoms with van der Waals surface area (Å²) in [5, 5.41) is 0. The van der Waals surface area contributed by atoms with Crippen LogP contribution < -0.4 is 0 Å². The lowest BCUT2D eigenvalue weighted by molar-refractivity contribution is -0.122. The van der Waals surface area contributed by atoms with Gasteiger partial charge in [0.15, 0.2) is 0 Å². The Morgan fingerprint density at radius 3 is 2.67 bits per heavy atom. The molecule has 0 aliphatic heterocycles. The van der Waals surface area contributed by atoms with Crippen LogP contribution >= 0.6 is 0 Å². The molecule has 0 aromatic carbocycles. The molecule has 0 radical (unpaired) electrons. The van der Waals surface area contributed by atoms with E-state index in [2.05, 4.69) is 26.8 Å². The average molecular weight is 166 g/mol. The first kappa shape index (κ1) is 9.50. The summed E-state index contributed by atoms with van der Waals surface area (Å²) in [5.74, 6) is 0.540. The molecule has 1 nitrogen and oxygen atoms in total. The van der Waals surface area contributed by atoms with Gasteiger partial charge in [0.05, 0.1) is 0 Å². The number of allylic oxidation sites excluding steroid dienone is 2. The molecule has 68 valence electrons. The van der Waals surface area contributed by atoms with Gasteiger partial charge in [0.2, 0.25) is 0 Å². The van der Waals surface area contributed by atoms with Crippen LogP contribution in [0.2, 0.25) is 0 Å². The van der Waals surface area contributed by atoms with Crippen molar-refractivity contribution in [3.8, 4) is 0 Å². The Hall–Kier alpha value is -0.590. The topological polar surface area (TPSA) is 17.1 Å². The summed E-state index contributed by atoms with van der Waals surface area (Å²) in [6, 6.07) is 0. The molecule has 1 heteroatoms. The lowest BCUT2D eigenvalue weighted by Crippen LogP contribution is -2.18. The third-order valence-corrected chi connectivity index (χ3v) is 2.80. The maximum Gasteiger partial charge on any atom is 0.140 e. The van der Waals surface area contributed by atoms with Crippen molar-refractivity contribution in [1.29, 1.82) is 0 Å². The molecule has 12 heavy (non-hydrogen) atoms. The normalized spacial score (nSPS) is 29.5. The van der Waals surface area contributed by atoms with E-state index < -0.39 is 0 Å². The monoisotopic (exact) mass is 166 g/mol. The van der Waals surface area contributed by atoms with Crippen molar-refractivity contribution >= 4 is 5.78 Å². The molecule has 0 spiro atoms. The van der Waals surface area contributed by atoms with Crippen LogP contribution in [0, 0.1) is 11.3 Å². The SMILES string of the molecule is CC1=CCC(C)(C)CC(=O)C1C. The van der Waals surface area contributed by atoms with Crippen molar-refractivity contribution in [2.75, 3.05) is 0 Å². The van der Waals surface area contributed by atoms with Crippen LogP contribution in [0.4, 0.5) is 0 Å². The Morgan fingerprint density at radius 2 is 2.08 bits per heavy atom. The largest absolute Gasteiger partial charge is 0.299 e. The molecular weight excluding hydrogens is 148 g/mol. The first-order valence-corrected chi connectivity index (χ1v) is 4.62. The van der Waals surface area contributed by atoms with E-state index in [1.165, 1.54) is 5.57 Å². The molecule has 0 aromatic heterocycles. The zero-order chi connectivity index (χ0) is 9.35. The van der Waals surface area contributed by atoms with Gasteiger partial charge in [-0.25, -0.2) is 0 Å². The maximum absolute atomic E-state index is 11.6. The molecule has 0 N–H and O–H groups in total. The second-order valence-corrected chi connectivity index (χ2v) is 4.68. The molecule has 1 rings (SSSR count). The number of carbonyl (C=O) groups is 1. The zero-order valence-corrected chi connectivity index (χ0v) is 8.48. The summed E-state index contributed by atoms with van der Waals surface area (Å²) >= 11 is 0. The quantitative estimate of drug-likeness (QED) is 0.506. The number of carbonyl (C=O) groups excluding carboxylic acids is 1. The first-order chi connectivity index (χ1) is 5.42. The highest BCUT2D eigenvalue weighted by Gasteiger charge is 2.27. The maximum atomic E-state index is 11.6. The fourth-order valence-electron chi connectivity index (χ4n) is 1.56. The number of hydrogen-bond acceptors (Lipinski definition) is 1. The minimum absolute atomic E-state index is 0.145. The molecule has 0 bridgehead atoms. The second kappa shape index (κ2) is 3.04. The lowest BCUT2D eigenvalue weighted by Gasteiger charge is -2.20. The zero-order valence-electron chi connectivity index (χ0n) is 8.48. The van der Waals surface area contributed by atoms with Crippen LogP contribution in [0.5, 0.6) is 0 Å². The highest BCUT2D eigenvalue weighted by atomic mass is 16.1. The molecule has 1 aliphatic rings. The molecule has 1 aliphatic carbocycles. The van der Waals surface area contributed by atoms with Crippen molar-refractivity contribution in [2.45, 2.75) is 40.5 Å². The third-order valence-electron chi connectivity index (χ3n) is 2.80. The summed E-state index contributed by atoms with van der Waals surface area (Å²) in [6.45, 7) is 8.39. The van der Waals surface area contributed by atoms with Gasteiger partial charge in [0.25, 0.3) is 0 Å². The van der Waals surface area contributed by atoms with Gasteiger partial charge in [-0.2, -0.15) is 0 Å². The third kappa shape index (κ3) is 1.96. The van der Waals surface area contributed by atoms with Crippen molar-refractivity contribution in [3.63, 3.8) is 0 Å². The number of rotatable bonds is 0. The van der Waals surface area contributed by atoms with E-state index in [0.717, 1.165) is 12.8 Å². The molecular formula is C11H18O. The highest BCUT2D eigenvalue weighted by Crippen LogP contribution is 2.33. The molecule has 0 saturated heterocycles. The number of Topliss-reactive ketones (excluding diaryl/α,β-unsaturated/α-hetero) is 1. The van der Waals surface area contributed by atoms with Crippen LogP contribution in [-0.4, -0.2) is 5.78 Å². The van der Waals surface area contributed by atoms with E-state index in [1.54, 1.807) is 0 Å². The molecule has 0 saturated carbocycles. The first-order valence-electron chi connectivity index (χ1n) is 4.62. The fourth-order valence-corrected chi connectivity index (χ4v) is 1.56. The standard InChI is InChI=1S/C11H18O/c1-8-5-6-11(3,4)7-10(12)9(8)2/h5,9H,6-7H2,1-4H3. The van der Waals surface area contributed by atoms with Gasteiger partial charge in [-0.05, 0) is 18.8 Å². The van der Waals surface area contributed by atoms with Crippen molar-refractivity contribution in [1.82, 2.24) is 0 Å². The van der Waals surface area contributed by atoms with Crippen LogP contribution in [-0.2, 0) is 4.79 Å². The molecule has 0 heterocycles. The molecule has 0 aromatic rings. The predicted molar refractivity (Wildman–Crippen MR) is 50.9 cm³/mol. The summed E-state index contributed by atoms with van der Waals surface area (Å²) < 4.78 is 0. The Bertz CT molecular complexity index is 223. The Morgan fingerprint density at radius 1 is 1.50 bits per heavy atom. The van der Waals surface area contributed by atoms with E-state index >= 15 is 0 Å². The second-order valence-electron chi connectivity index (χ2n) is 4.68. The summed E-state index contributed by atoms with van der Waals surface area (Å²) in [4.78, 5) is 11.6. The Balaban J connectivity index is 2.87. The van der Waals surface area contributed by atoms with Gasteiger partial charge < -0.3 is 0 Å². The van der Waals surface area contributed by atoms with Gasteiger partial charge >= 0.3 is 0 Å². The minimum atomic E-state index is 0.145. The lowest BCUT2D eigenvalue weighted by atomic mass is 9.84. The average Bonchev–Trinajstić information content (AvgIpc) is 2.03. The Kier molecular flexibility index (Phi) is 2.41. The van der Waals surface area contributed by atoms with E-state index in [-0.39, 0.29) is 11.3 Å². The van der Waals surface area contributed by atoms with E-state index in [1.807, 2.05) is 6.92 Å². The van der Waals surface area contributed by atoms with Crippen molar-refractivity contribution in [2.24, 2.45) is 11.3 Å². The van der Waals surface area contributed by atoms with E-state index in [9.17, 15) is 4.79 Å². The summed E-state index contributed by atoms with van der Waals surface area (Å²) in [6.07, 6.45) is 3.98. The van der Waals surface area contributed by atoms with Gasteiger partial charge in [-0.15, -0.1) is 0 Å². The number of ketones is 1. The summed E-state index contributed by atoms with van der Waals surface area (Å²) in [7, 11) is 0. The van der Waals surface area contributed by atoms with Crippen LogP contribution in [0.25, 0.3) is 0 Å². The van der Waals surface area contributed by atoms with Gasteiger partial charge in [-0.1, -0.05) is 32.4 Å². The molecule has 1 unspecified atom stereocenters. The predicted octanol–water partition coefficient (Wildman–Crippen LogP) is 2.96. The smallest absolute Gasteiger partial charge is 0.140 e. The molecule has 0 fully saturated rings.